The number of rotatable bonds is 3. The highest BCUT2D eigenvalue weighted by atomic mass is 35.5. The Balaban J connectivity index is 0.00000128. The molecule has 2 rings (SSSR count). The van der Waals surface area contributed by atoms with Gasteiger partial charge in [0.2, 0.25) is 0 Å². The van der Waals surface area contributed by atoms with Crippen LogP contribution in [0.5, 0.6) is 5.75 Å². The summed E-state index contributed by atoms with van der Waals surface area (Å²) in [6.45, 7) is 0. The van der Waals surface area contributed by atoms with E-state index in [0.29, 0.717) is 17.1 Å². The molecular weight excluding hydrogens is 232 g/mol. The first-order valence-electron chi connectivity index (χ1n) is 4.48. The third-order valence-corrected chi connectivity index (χ3v) is 2.10. The highest BCUT2D eigenvalue weighted by molar-refractivity contribution is 5.85. The predicted molar refractivity (Wildman–Crippen MR) is 61.4 cm³/mol. The number of carboxylic acids is 1. The van der Waals surface area contributed by atoms with Crippen LogP contribution in [0.4, 0.5) is 0 Å². The first kappa shape index (κ1) is 12.4. The SMILES string of the molecule is COc1cccc2cc(CC(=O)O)oc12.Cl. The summed E-state index contributed by atoms with van der Waals surface area (Å²) in [7, 11) is 1.55. The molecule has 0 saturated heterocycles. The summed E-state index contributed by atoms with van der Waals surface area (Å²) >= 11 is 0. The van der Waals surface area contributed by atoms with Gasteiger partial charge in [-0.05, 0) is 12.1 Å². The van der Waals surface area contributed by atoms with Gasteiger partial charge in [0.1, 0.15) is 12.2 Å². The second-order valence-corrected chi connectivity index (χ2v) is 3.16. The van der Waals surface area contributed by atoms with Crippen LogP contribution in [-0.4, -0.2) is 18.2 Å². The summed E-state index contributed by atoms with van der Waals surface area (Å²) in [5.41, 5.74) is 0.594. The molecule has 0 aliphatic rings. The fourth-order valence-electron chi connectivity index (χ4n) is 1.49. The number of aliphatic carboxylic acids is 1. The van der Waals surface area contributed by atoms with Crippen LogP contribution in [0, 0.1) is 0 Å². The van der Waals surface area contributed by atoms with E-state index in [-0.39, 0.29) is 18.8 Å². The van der Waals surface area contributed by atoms with Gasteiger partial charge in [0.05, 0.1) is 7.11 Å². The molecule has 1 heterocycles. The van der Waals surface area contributed by atoms with Gasteiger partial charge in [-0.2, -0.15) is 0 Å². The number of ether oxygens (including phenoxy) is 1. The molecule has 1 N–H and O–H groups in total. The Hall–Kier alpha value is -1.68. The lowest BCUT2D eigenvalue weighted by molar-refractivity contribution is -0.136. The third kappa shape index (κ3) is 2.28. The smallest absolute Gasteiger partial charge is 0.311 e. The van der Waals surface area contributed by atoms with E-state index in [0.717, 1.165) is 5.39 Å². The van der Waals surface area contributed by atoms with Crippen LogP contribution < -0.4 is 4.74 Å². The van der Waals surface area contributed by atoms with Crippen molar-refractivity contribution in [2.75, 3.05) is 7.11 Å². The zero-order chi connectivity index (χ0) is 10.8. The maximum absolute atomic E-state index is 10.5. The second-order valence-electron chi connectivity index (χ2n) is 3.16. The summed E-state index contributed by atoms with van der Waals surface area (Å²) in [6.07, 6.45) is -0.113. The number of fused-ring (bicyclic) bond motifs is 1. The molecule has 0 amide bonds. The van der Waals surface area contributed by atoms with Crippen LogP contribution in [0.1, 0.15) is 5.76 Å². The highest BCUT2D eigenvalue weighted by Gasteiger charge is 2.10. The van der Waals surface area contributed by atoms with Gasteiger partial charge in [-0.15, -0.1) is 12.4 Å². The van der Waals surface area contributed by atoms with Crippen molar-refractivity contribution < 1.29 is 19.1 Å². The monoisotopic (exact) mass is 242 g/mol. The molecule has 0 radical (unpaired) electrons. The number of methoxy groups -OCH3 is 1. The largest absolute Gasteiger partial charge is 0.493 e. The fourth-order valence-corrected chi connectivity index (χ4v) is 1.49. The Morgan fingerprint density at radius 3 is 2.88 bits per heavy atom. The van der Waals surface area contributed by atoms with Gasteiger partial charge < -0.3 is 14.3 Å². The van der Waals surface area contributed by atoms with E-state index in [1.54, 1.807) is 19.2 Å². The van der Waals surface area contributed by atoms with Gasteiger partial charge in [0.15, 0.2) is 11.3 Å². The van der Waals surface area contributed by atoms with Crippen LogP contribution >= 0.6 is 12.4 Å². The molecule has 2 aromatic rings. The molecule has 0 aliphatic heterocycles. The summed E-state index contributed by atoms with van der Waals surface area (Å²) < 4.78 is 10.5. The molecule has 5 heteroatoms. The summed E-state index contributed by atoms with van der Waals surface area (Å²) in [5, 5.41) is 9.48. The van der Waals surface area contributed by atoms with Crippen molar-refractivity contribution in [3.8, 4) is 5.75 Å². The van der Waals surface area contributed by atoms with Gasteiger partial charge in [-0.1, -0.05) is 12.1 Å². The van der Waals surface area contributed by atoms with Crippen molar-refractivity contribution in [3.05, 3.63) is 30.0 Å². The average Bonchev–Trinajstić information content (AvgIpc) is 2.58. The molecule has 1 aromatic carbocycles. The van der Waals surface area contributed by atoms with Gasteiger partial charge in [-0.3, -0.25) is 4.79 Å². The molecule has 0 bridgehead atoms. The van der Waals surface area contributed by atoms with Crippen molar-refractivity contribution in [1.82, 2.24) is 0 Å². The van der Waals surface area contributed by atoms with Gasteiger partial charge in [0, 0.05) is 5.39 Å². The predicted octanol–water partition coefficient (Wildman–Crippen LogP) is 2.49. The van der Waals surface area contributed by atoms with Crippen LogP contribution in [0.3, 0.4) is 0 Å². The lowest BCUT2D eigenvalue weighted by Gasteiger charge is -1.98. The van der Waals surface area contributed by atoms with Crippen LogP contribution in [0.2, 0.25) is 0 Å². The maximum Gasteiger partial charge on any atom is 0.311 e. The molecule has 0 spiro atoms. The molecule has 16 heavy (non-hydrogen) atoms. The summed E-state index contributed by atoms with van der Waals surface area (Å²) in [6, 6.07) is 7.18. The van der Waals surface area contributed by atoms with E-state index in [9.17, 15) is 4.79 Å². The molecule has 0 saturated carbocycles. The number of carboxylic acid groups (broad SMARTS) is 1. The van der Waals surface area contributed by atoms with Gasteiger partial charge >= 0.3 is 5.97 Å². The quantitative estimate of drug-likeness (QED) is 0.898. The van der Waals surface area contributed by atoms with Crippen molar-refractivity contribution in [3.63, 3.8) is 0 Å². The van der Waals surface area contributed by atoms with E-state index in [1.165, 1.54) is 0 Å². The maximum atomic E-state index is 10.5. The average molecular weight is 243 g/mol. The first-order valence-corrected chi connectivity index (χ1v) is 4.48. The van der Waals surface area contributed by atoms with Crippen molar-refractivity contribution in [1.29, 1.82) is 0 Å². The lowest BCUT2D eigenvalue weighted by atomic mass is 10.2. The number of benzene rings is 1. The molecule has 0 aliphatic carbocycles. The van der Waals surface area contributed by atoms with Crippen LogP contribution in [-0.2, 0) is 11.2 Å². The minimum atomic E-state index is -0.909. The fraction of sp³-hybridized carbons (Fsp3) is 0.182. The van der Waals surface area contributed by atoms with E-state index in [1.807, 2.05) is 12.1 Å². The number of hydrogen-bond acceptors (Lipinski definition) is 3. The van der Waals surface area contributed by atoms with E-state index in [4.69, 9.17) is 14.3 Å². The Morgan fingerprint density at radius 2 is 2.25 bits per heavy atom. The molecule has 4 nitrogen and oxygen atoms in total. The minimum Gasteiger partial charge on any atom is -0.493 e. The van der Waals surface area contributed by atoms with Crippen molar-refractivity contribution in [2.45, 2.75) is 6.42 Å². The summed E-state index contributed by atoms with van der Waals surface area (Å²) in [5.74, 6) is 0.138. The van der Waals surface area contributed by atoms with Gasteiger partial charge in [0.25, 0.3) is 0 Å². The molecule has 86 valence electrons. The topological polar surface area (TPSA) is 59.7 Å². The first-order chi connectivity index (χ1) is 7.20. The summed E-state index contributed by atoms with van der Waals surface area (Å²) in [4.78, 5) is 10.5. The highest BCUT2D eigenvalue weighted by Crippen LogP contribution is 2.28. The van der Waals surface area contributed by atoms with E-state index < -0.39 is 5.97 Å². The Labute approximate surface area is 98.2 Å². The zero-order valence-corrected chi connectivity index (χ0v) is 9.41. The van der Waals surface area contributed by atoms with Crippen LogP contribution in [0.25, 0.3) is 11.0 Å². The number of hydrogen-bond donors (Lipinski definition) is 1. The van der Waals surface area contributed by atoms with Gasteiger partial charge in [-0.25, -0.2) is 0 Å². The molecule has 0 unspecified atom stereocenters. The van der Waals surface area contributed by atoms with Crippen LogP contribution in [0.15, 0.2) is 28.7 Å². The zero-order valence-electron chi connectivity index (χ0n) is 8.60. The number of para-hydroxylation sites is 1. The lowest BCUT2D eigenvalue weighted by Crippen LogP contribution is -1.97. The molecule has 1 aromatic heterocycles. The Kier molecular flexibility index (Phi) is 3.79. The van der Waals surface area contributed by atoms with E-state index in [2.05, 4.69) is 0 Å². The number of furan rings is 1. The molecule has 0 atom stereocenters. The Bertz CT molecular complexity index is 504. The standard InChI is InChI=1S/C11H10O4.ClH/c1-14-9-4-2-3-7-5-8(6-10(12)13)15-11(7)9;/h2-5H,6H2,1H3,(H,12,13);1H. The van der Waals surface area contributed by atoms with E-state index >= 15 is 0 Å². The minimum absolute atomic E-state index is 0. The molecule has 0 fully saturated rings. The van der Waals surface area contributed by atoms with Crippen molar-refractivity contribution >= 4 is 29.3 Å². The third-order valence-electron chi connectivity index (χ3n) is 2.10. The second kappa shape index (κ2) is 4.90. The normalized spacial score (nSPS) is 9.81. The van der Waals surface area contributed by atoms with Crippen molar-refractivity contribution in [2.24, 2.45) is 0 Å². The number of carbonyl (C=O) groups is 1. The number of halogens is 1. The molecular formula is C11H11ClO4. The Morgan fingerprint density at radius 1 is 1.50 bits per heavy atom.